The van der Waals surface area contributed by atoms with Crippen LogP contribution in [0.15, 0.2) is 47.3 Å². The van der Waals surface area contributed by atoms with E-state index in [9.17, 15) is 19.5 Å². The number of ether oxygens (including phenoxy) is 2. The zero-order valence-corrected chi connectivity index (χ0v) is 25.6. The van der Waals surface area contributed by atoms with Gasteiger partial charge in [-0.15, -0.1) is 0 Å². The lowest BCUT2D eigenvalue weighted by atomic mass is 9.63. The molecule has 0 atom stereocenters. The van der Waals surface area contributed by atoms with Crippen molar-refractivity contribution in [2.45, 2.75) is 72.6 Å². The number of rotatable bonds is 9. The molecule has 1 N–H and O–H groups in total. The molecule has 3 aliphatic rings. The highest BCUT2D eigenvalue weighted by atomic mass is 127. The van der Waals surface area contributed by atoms with Gasteiger partial charge in [-0.1, -0.05) is 40.3 Å². The van der Waals surface area contributed by atoms with Gasteiger partial charge in [-0.25, -0.2) is 0 Å². The number of hydrogen-bond acceptors (Lipinski definition) is 6. The Hall–Kier alpha value is -2.62. The average molecular weight is 648 g/mol. The van der Waals surface area contributed by atoms with Crippen LogP contribution in [0.4, 0.5) is 0 Å². The first kappa shape index (κ1) is 29.4. The molecule has 1 aliphatic heterocycles. The Balaban J connectivity index is 1.99. The summed E-state index contributed by atoms with van der Waals surface area (Å²) < 4.78 is 12.7. The molecular weight excluding hydrogens is 609 g/mol. The summed E-state index contributed by atoms with van der Waals surface area (Å²) in [4.78, 5) is 41.5. The van der Waals surface area contributed by atoms with E-state index < -0.39 is 11.9 Å². The van der Waals surface area contributed by atoms with Crippen LogP contribution in [0.3, 0.4) is 0 Å². The van der Waals surface area contributed by atoms with Crippen LogP contribution in [0.2, 0.25) is 0 Å². The van der Waals surface area contributed by atoms with Crippen LogP contribution in [0.5, 0.6) is 11.5 Å². The molecule has 1 heterocycles. The Bertz CT molecular complexity index is 1230. The number of carboxylic acids is 1. The lowest BCUT2D eigenvalue weighted by Crippen LogP contribution is -2.45. The quantitative estimate of drug-likeness (QED) is 0.245. The molecular formula is C31H38INO6. The molecule has 8 heteroatoms. The second-order valence-electron chi connectivity index (χ2n) is 12.2. The van der Waals surface area contributed by atoms with Crippen LogP contribution < -0.4 is 9.47 Å². The van der Waals surface area contributed by atoms with Crippen molar-refractivity contribution in [2.75, 3.05) is 19.8 Å². The van der Waals surface area contributed by atoms with Gasteiger partial charge >= 0.3 is 5.97 Å². The molecule has 0 saturated heterocycles. The third-order valence-electron chi connectivity index (χ3n) is 7.58. The summed E-state index contributed by atoms with van der Waals surface area (Å²) in [5.74, 6) is -0.257. The van der Waals surface area contributed by atoms with Crippen molar-refractivity contribution in [1.82, 2.24) is 4.90 Å². The van der Waals surface area contributed by atoms with E-state index in [2.05, 4.69) is 56.9 Å². The summed E-state index contributed by atoms with van der Waals surface area (Å²) >= 11 is 2.21. The van der Waals surface area contributed by atoms with E-state index in [4.69, 9.17) is 9.47 Å². The number of carbonyl (C=O) groups excluding carboxylic acids is 2. The van der Waals surface area contributed by atoms with E-state index in [1.807, 2.05) is 24.0 Å². The van der Waals surface area contributed by atoms with Crippen molar-refractivity contribution in [2.24, 2.45) is 10.8 Å². The van der Waals surface area contributed by atoms with Crippen molar-refractivity contribution in [3.63, 3.8) is 0 Å². The number of Topliss-reactive ketones (excluding diaryl/α,β-unsaturated/α-hetero) is 2. The highest BCUT2D eigenvalue weighted by Crippen LogP contribution is 2.55. The standard InChI is InChI=1S/C31H38INO6/c1-7-11-39-29-19(32)12-18(13-24(29)38-8-2)26-27-20(14-30(3,4)16-22(27)34)33(10-9-25(36)37)21-15-31(5,6)17-23(35)28(21)26/h7,12-13,26H,1,8-11,14-17H2,2-6H3,(H,36,37). The van der Waals surface area contributed by atoms with Gasteiger partial charge in [0.25, 0.3) is 0 Å². The maximum Gasteiger partial charge on any atom is 0.305 e. The highest BCUT2D eigenvalue weighted by molar-refractivity contribution is 14.1. The van der Waals surface area contributed by atoms with Crippen LogP contribution in [0, 0.1) is 14.4 Å². The maximum absolute atomic E-state index is 13.9. The molecule has 0 amide bonds. The van der Waals surface area contributed by atoms with Crippen molar-refractivity contribution in [3.05, 3.63) is 56.5 Å². The number of aliphatic carboxylic acids is 1. The molecule has 0 fully saturated rings. The molecule has 39 heavy (non-hydrogen) atoms. The molecule has 0 radical (unpaired) electrons. The molecule has 7 nitrogen and oxygen atoms in total. The van der Waals surface area contributed by atoms with Crippen LogP contribution in [-0.4, -0.2) is 47.3 Å². The summed E-state index contributed by atoms with van der Waals surface area (Å²) in [6, 6.07) is 3.88. The predicted molar refractivity (Wildman–Crippen MR) is 158 cm³/mol. The molecule has 210 valence electrons. The van der Waals surface area contributed by atoms with E-state index in [1.165, 1.54) is 0 Å². The van der Waals surface area contributed by atoms with Gasteiger partial charge in [-0.05, 0) is 70.9 Å². The van der Waals surface area contributed by atoms with Gasteiger partial charge in [0.2, 0.25) is 0 Å². The molecule has 1 aromatic carbocycles. The van der Waals surface area contributed by atoms with E-state index in [0.717, 1.165) is 20.5 Å². The number of carboxylic acid groups (broad SMARTS) is 1. The molecule has 4 rings (SSSR count). The van der Waals surface area contributed by atoms with E-state index in [-0.39, 0.29) is 35.4 Å². The normalized spacial score (nSPS) is 20.5. The number of halogens is 1. The Labute approximate surface area is 244 Å². The van der Waals surface area contributed by atoms with E-state index in [0.29, 0.717) is 61.5 Å². The zero-order chi connectivity index (χ0) is 28.7. The third kappa shape index (κ3) is 5.95. The number of allylic oxidation sites excluding steroid dienone is 4. The zero-order valence-electron chi connectivity index (χ0n) is 23.5. The summed E-state index contributed by atoms with van der Waals surface area (Å²) in [5, 5.41) is 9.55. The first-order valence-corrected chi connectivity index (χ1v) is 14.6. The minimum absolute atomic E-state index is 0.00992. The molecule has 0 aromatic heterocycles. The van der Waals surface area contributed by atoms with Gasteiger partial charge in [-0.3, -0.25) is 14.4 Å². The van der Waals surface area contributed by atoms with Crippen molar-refractivity contribution >= 4 is 40.1 Å². The van der Waals surface area contributed by atoms with Crippen LogP contribution >= 0.6 is 22.6 Å². The molecule has 0 saturated carbocycles. The minimum atomic E-state index is -0.907. The minimum Gasteiger partial charge on any atom is -0.490 e. The Morgan fingerprint density at radius 2 is 1.62 bits per heavy atom. The molecule has 2 aliphatic carbocycles. The fourth-order valence-corrected chi connectivity index (χ4v) is 6.94. The monoisotopic (exact) mass is 647 g/mol. The van der Waals surface area contributed by atoms with E-state index in [1.54, 1.807) is 6.08 Å². The molecule has 0 bridgehead atoms. The first-order valence-electron chi connectivity index (χ1n) is 13.5. The molecule has 0 spiro atoms. The van der Waals surface area contributed by atoms with Gasteiger partial charge < -0.3 is 19.5 Å². The van der Waals surface area contributed by atoms with Gasteiger partial charge in [0.05, 0.1) is 16.6 Å². The van der Waals surface area contributed by atoms with Gasteiger partial charge in [0.15, 0.2) is 23.1 Å². The van der Waals surface area contributed by atoms with Gasteiger partial charge in [-0.2, -0.15) is 0 Å². The fraction of sp³-hybridized carbons (Fsp3) is 0.516. The number of ketones is 2. The van der Waals surface area contributed by atoms with Crippen molar-refractivity contribution < 1.29 is 29.0 Å². The van der Waals surface area contributed by atoms with Crippen molar-refractivity contribution in [1.29, 1.82) is 0 Å². The second-order valence-corrected chi connectivity index (χ2v) is 13.4. The van der Waals surface area contributed by atoms with Crippen molar-refractivity contribution in [3.8, 4) is 11.5 Å². The smallest absolute Gasteiger partial charge is 0.305 e. The van der Waals surface area contributed by atoms with E-state index >= 15 is 0 Å². The number of carbonyl (C=O) groups is 3. The van der Waals surface area contributed by atoms with Gasteiger partial charge in [0.1, 0.15) is 6.61 Å². The summed E-state index contributed by atoms with van der Waals surface area (Å²) in [6.45, 7) is 14.9. The largest absolute Gasteiger partial charge is 0.490 e. The predicted octanol–water partition coefficient (Wildman–Crippen LogP) is 6.42. The number of nitrogens with zero attached hydrogens (tertiary/aromatic N) is 1. The Morgan fingerprint density at radius 1 is 1.05 bits per heavy atom. The van der Waals surface area contributed by atoms with Crippen LogP contribution in [-0.2, 0) is 14.4 Å². The summed E-state index contributed by atoms with van der Waals surface area (Å²) in [5.41, 5.74) is 3.20. The lowest BCUT2D eigenvalue weighted by molar-refractivity contribution is -0.137. The second kappa shape index (κ2) is 11.1. The summed E-state index contributed by atoms with van der Waals surface area (Å²) in [6.07, 6.45) is 3.59. The number of benzene rings is 1. The first-order chi connectivity index (χ1) is 18.3. The average Bonchev–Trinajstić information content (AvgIpc) is 2.80. The van der Waals surface area contributed by atoms with Gasteiger partial charge in [0, 0.05) is 47.8 Å². The maximum atomic E-state index is 13.9. The topological polar surface area (TPSA) is 93.1 Å². The Kier molecular flexibility index (Phi) is 8.36. The molecule has 1 aromatic rings. The molecule has 0 unspecified atom stereocenters. The van der Waals surface area contributed by atoms with Crippen LogP contribution in [0.25, 0.3) is 0 Å². The third-order valence-corrected chi connectivity index (χ3v) is 8.38. The SMILES string of the molecule is C=CCOc1c(I)cc(C2C3=C(CC(C)(C)CC3=O)N(CCC(=O)O)C3=C2C(=O)CC(C)(C)C3)cc1OCC. The van der Waals surface area contributed by atoms with Crippen LogP contribution in [0.1, 0.15) is 78.2 Å². The Morgan fingerprint density at radius 3 is 2.10 bits per heavy atom. The highest BCUT2D eigenvalue weighted by Gasteiger charge is 2.49. The number of hydrogen-bond donors (Lipinski definition) is 1. The summed E-state index contributed by atoms with van der Waals surface area (Å²) in [7, 11) is 0. The lowest BCUT2D eigenvalue weighted by Gasteiger charge is -2.49. The fourth-order valence-electron chi connectivity index (χ4n) is 6.16.